The van der Waals surface area contributed by atoms with Gasteiger partial charge in [0.25, 0.3) is 0 Å². The predicted octanol–water partition coefficient (Wildman–Crippen LogP) is 3.89. The van der Waals surface area contributed by atoms with Crippen LogP contribution < -0.4 is 5.32 Å². The van der Waals surface area contributed by atoms with Gasteiger partial charge in [-0.1, -0.05) is 43.4 Å². The summed E-state index contributed by atoms with van der Waals surface area (Å²) in [5.74, 6) is 0.0498. The number of amides is 2. The molecule has 1 aliphatic rings. The van der Waals surface area contributed by atoms with Crippen molar-refractivity contribution in [3.63, 3.8) is 0 Å². The van der Waals surface area contributed by atoms with E-state index in [1.807, 2.05) is 36.1 Å². The van der Waals surface area contributed by atoms with Crippen LogP contribution in [0, 0.1) is 6.92 Å². The van der Waals surface area contributed by atoms with Crippen molar-refractivity contribution in [1.29, 1.82) is 0 Å². The highest BCUT2D eigenvalue weighted by atomic mass is 16.2. The fourth-order valence-corrected chi connectivity index (χ4v) is 3.25. The average molecular weight is 316 g/mol. The van der Waals surface area contributed by atoms with Crippen molar-refractivity contribution in [1.82, 2.24) is 4.90 Å². The minimum atomic E-state index is -0.0336. The zero-order chi connectivity index (χ0) is 16.7. The Labute approximate surface area is 139 Å². The van der Waals surface area contributed by atoms with Gasteiger partial charge in [-0.25, -0.2) is 0 Å². The first-order valence-electron chi connectivity index (χ1n) is 8.70. The van der Waals surface area contributed by atoms with Crippen molar-refractivity contribution >= 4 is 17.5 Å². The van der Waals surface area contributed by atoms with E-state index >= 15 is 0 Å². The summed E-state index contributed by atoms with van der Waals surface area (Å²) in [5.41, 5.74) is 1.98. The third kappa shape index (κ3) is 5.70. The number of carbonyl (C=O) groups is 2. The highest BCUT2D eigenvalue weighted by Gasteiger charge is 2.22. The lowest BCUT2D eigenvalue weighted by Gasteiger charge is -2.30. The van der Waals surface area contributed by atoms with Crippen molar-refractivity contribution in [2.24, 2.45) is 0 Å². The fourth-order valence-electron chi connectivity index (χ4n) is 3.25. The number of hydrogen-bond donors (Lipinski definition) is 1. The number of aryl methyl sites for hydroxylation is 1. The van der Waals surface area contributed by atoms with Crippen molar-refractivity contribution < 1.29 is 9.59 Å². The van der Waals surface area contributed by atoms with Crippen LogP contribution >= 0.6 is 0 Å². The van der Waals surface area contributed by atoms with Crippen molar-refractivity contribution in [2.45, 2.75) is 64.8 Å². The summed E-state index contributed by atoms with van der Waals surface area (Å²) < 4.78 is 0. The Kier molecular flexibility index (Phi) is 6.63. The molecule has 0 aliphatic heterocycles. The van der Waals surface area contributed by atoms with E-state index in [1.54, 1.807) is 6.92 Å². The molecule has 0 aromatic heterocycles. The number of rotatable bonds is 5. The van der Waals surface area contributed by atoms with E-state index in [-0.39, 0.29) is 11.8 Å². The molecule has 2 amide bonds. The lowest BCUT2D eigenvalue weighted by Crippen LogP contribution is -2.40. The molecule has 1 aromatic carbocycles. The average Bonchev–Trinajstić information content (AvgIpc) is 2.79. The molecule has 0 saturated heterocycles. The first kappa shape index (κ1) is 17.5. The lowest BCUT2D eigenvalue weighted by molar-refractivity contribution is -0.131. The van der Waals surface area contributed by atoms with Crippen LogP contribution in [0.1, 0.15) is 57.4 Å². The second-order valence-corrected chi connectivity index (χ2v) is 6.52. The summed E-state index contributed by atoms with van der Waals surface area (Å²) in [4.78, 5) is 26.0. The topological polar surface area (TPSA) is 49.4 Å². The maximum atomic E-state index is 12.1. The minimum Gasteiger partial charge on any atom is -0.339 e. The van der Waals surface area contributed by atoms with Crippen LogP contribution in [0.15, 0.2) is 24.3 Å². The molecule has 2 rings (SSSR count). The van der Waals surface area contributed by atoms with Crippen LogP contribution in [0.2, 0.25) is 0 Å². The second kappa shape index (κ2) is 8.70. The third-order valence-electron chi connectivity index (χ3n) is 4.59. The fraction of sp³-hybridized carbons (Fsp3) is 0.579. The zero-order valence-electron chi connectivity index (χ0n) is 14.3. The Morgan fingerprint density at radius 2 is 1.70 bits per heavy atom. The van der Waals surface area contributed by atoms with Crippen molar-refractivity contribution in [3.8, 4) is 0 Å². The molecule has 0 spiro atoms. The molecule has 1 N–H and O–H groups in total. The van der Waals surface area contributed by atoms with Crippen LogP contribution in [-0.2, 0) is 9.59 Å². The first-order valence-corrected chi connectivity index (χ1v) is 8.70. The molecule has 4 heteroatoms. The summed E-state index contributed by atoms with van der Waals surface area (Å²) >= 11 is 0. The van der Waals surface area contributed by atoms with Crippen LogP contribution in [0.5, 0.6) is 0 Å². The van der Waals surface area contributed by atoms with Gasteiger partial charge in [0.1, 0.15) is 0 Å². The van der Waals surface area contributed by atoms with Gasteiger partial charge in [-0.2, -0.15) is 0 Å². The number of benzene rings is 1. The molecule has 1 saturated carbocycles. The number of nitrogens with one attached hydrogen (secondary N) is 1. The normalized spacial score (nSPS) is 15.7. The molecule has 0 heterocycles. The largest absolute Gasteiger partial charge is 0.339 e. The SMILES string of the molecule is CC(=O)N(CCC(=O)Nc1ccc(C)cc1)C1CCCCCC1. The van der Waals surface area contributed by atoms with Gasteiger partial charge in [0, 0.05) is 31.6 Å². The minimum absolute atomic E-state index is 0.0336. The van der Waals surface area contributed by atoms with Crippen molar-refractivity contribution in [2.75, 3.05) is 11.9 Å². The Bertz CT molecular complexity index is 517. The maximum absolute atomic E-state index is 12.1. The van der Waals surface area contributed by atoms with Gasteiger partial charge in [0.2, 0.25) is 11.8 Å². The maximum Gasteiger partial charge on any atom is 0.226 e. The van der Waals surface area contributed by atoms with E-state index in [9.17, 15) is 9.59 Å². The predicted molar refractivity (Wildman–Crippen MR) is 93.3 cm³/mol. The van der Waals surface area contributed by atoms with Gasteiger partial charge >= 0.3 is 0 Å². The molecule has 1 aliphatic carbocycles. The van der Waals surface area contributed by atoms with Crippen LogP contribution in [0.4, 0.5) is 5.69 Å². The molecule has 23 heavy (non-hydrogen) atoms. The number of carbonyl (C=O) groups excluding carboxylic acids is 2. The zero-order valence-corrected chi connectivity index (χ0v) is 14.3. The van der Waals surface area contributed by atoms with E-state index < -0.39 is 0 Å². The summed E-state index contributed by atoms with van der Waals surface area (Å²) in [5, 5.41) is 2.90. The van der Waals surface area contributed by atoms with E-state index in [0.717, 1.165) is 18.5 Å². The lowest BCUT2D eigenvalue weighted by atomic mass is 10.1. The van der Waals surface area contributed by atoms with Crippen LogP contribution in [0.3, 0.4) is 0 Å². The quantitative estimate of drug-likeness (QED) is 0.838. The Morgan fingerprint density at radius 3 is 2.26 bits per heavy atom. The molecule has 0 radical (unpaired) electrons. The first-order chi connectivity index (χ1) is 11.1. The van der Waals surface area contributed by atoms with Crippen LogP contribution in [0.25, 0.3) is 0 Å². The van der Waals surface area contributed by atoms with Crippen LogP contribution in [-0.4, -0.2) is 29.3 Å². The van der Waals surface area contributed by atoms with Gasteiger partial charge in [0.15, 0.2) is 0 Å². The number of anilines is 1. The Balaban J connectivity index is 1.86. The molecule has 4 nitrogen and oxygen atoms in total. The third-order valence-corrected chi connectivity index (χ3v) is 4.59. The molecule has 0 unspecified atom stereocenters. The van der Waals surface area contributed by atoms with Gasteiger partial charge in [-0.3, -0.25) is 9.59 Å². The second-order valence-electron chi connectivity index (χ2n) is 6.52. The Hall–Kier alpha value is -1.84. The molecule has 0 bridgehead atoms. The van der Waals surface area contributed by atoms with Gasteiger partial charge in [-0.15, -0.1) is 0 Å². The van der Waals surface area contributed by atoms with Gasteiger partial charge in [-0.05, 0) is 31.9 Å². The smallest absolute Gasteiger partial charge is 0.226 e. The van der Waals surface area contributed by atoms with E-state index in [0.29, 0.717) is 19.0 Å². The summed E-state index contributed by atoms with van der Waals surface area (Å²) in [7, 11) is 0. The van der Waals surface area contributed by atoms with E-state index in [1.165, 1.54) is 31.2 Å². The van der Waals surface area contributed by atoms with Gasteiger partial charge in [0.05, 0.1) is 0 Å². The molecule has 126 valence electrons. The molecular formula is C19H28N2O2. The standard InChI is InChI=1S/C19H28N2O2/c1-15-9-11-17(12-10-15)20-19(23)13-14-21(16(2)22)18-7-5-3-4-6-8-18/h9-12,18H,3-8,13-14H2,1-2H3,(H,20,23). The monoisotopic (exact) mass is 316 g/mol. The highest BCUT2D eigenvalue weighted by molar-refractivity contribution is 5.91. The summed E-state index contributed by atoms with van der Waals surface area (Å²) in [6.07, 6.45) is 7.38. The summed E-state index contributed by atoms with van der Waals surface area (Å²) in [6, 6.07) is 8.07. The molecule has 0 atom stereocenters. The number of nitrogens with zero attached hydrogens (tertiary/aromatic N) is 1. The number of hydrogen-bond acceptors (Lipinski definition) is 2. The van der Waals surface area contributed by atoms with E-state index in [2.05, 4.69) is 5.32 Å². The molecule has 1 aromatic rings. The molecule has 1 fully saturated rings. The summed E-state index contributed by atoms with van der Waals surface area (Å²) in [6.45, 7) is 4.14. The highest BCUT2D eigenvalue weighted by Crippen LogP contribution is 2.22. The Morgan fingerprint density at radius 1 is 1.09 bits per heavy atom. The van der Waals surface area contributed by atoms with Crippen molar-refractivity contribution in [3.05, 3.63) is 29.8 Å². The van der Waals surface area contributed by atoms with E-state index in [4.69, 9.17) is 0 Å². The molecular weight excluding hydrogens is 288 g/mol. The van der Waals surface area contributed by atoms with Gasteiger partial charge < -0.3 is 10.2 Å².